The summed E-state index contributed by atoms with van der Waals surface area (Å²) >= 11 is 1.29. The van der Waals surface area contributed by atoms with Crippen LogP contribution in [-0.2, 0) is 0 Å². The molecule has 1 aromatic heterocycles. The lowest BCUT2D eigenvalue weighted by molar-refractivity contribution is 0.0991. The summed E-state index contributed by atoms with van der Waals surface area (Å²) in [6.45, 7) is 5.17. The van der Waals surface area contributed by atoms with Crippen LogP contribution in [0.25, 0.3) is 0 Å². The number of carbonyl (C=O) groups excluding carboxylic acids is 2. The number of nitrogens with one attached hydrogen (secondary N) is 1. The van der Waals surface area contributed by atoms with Crippen molar-refractivity contribution in [2.75, 3.05) is 36.8 Å². The van der Waals surface area contributed by atoms with Gasteiger partial charge in [-0.05, 0) is 13.0 Å². The van der Waals surface area contributed by atoms with E-state index in [4.69, 9.17) is 11.5 Å². The van der Waals surface area contributed by atoms with E-state index in [1.165, 1.54) is 11.3 Å². The first-order chi connectivity index (χ1) is 9.56. The summed E-state index contributed by atoms with van der Waals surface area (Å²) in [5.41, 5.74) is 12.0. The number of hydrogen-bond donors (Lipinski definition) is 3. The Kier molecular flexibility index (Phi) is 4.61. The molecule has 0 saturated carbocycles. The van der Waals surface area contributed by atoms with Gasteiger partial charge in [0, 0.05) is 26.1 Å². The predicted molar refractivity (Wildman–Crippen MR) is 81.6 cm³/mol. The number of Topliss-reactive ketones (excluding diaryl/α,β-unsaturated/α-hetero) is 1. The van der Waals surface area contributed by atoms with Crippen molar-refractivity contribution in [3.63, 3.8) is 0 Å². The molecule has 1 aliphatic rings. The second kappa shape index (κ2) is 6.23. The molecule has 0 unspecified atom stereocenters. The van der Waals surface area contributed by atoms with Crippen molar-refractivity contribution in [3.8, 4) is 0 Å². The second-order valence-corrected chi connectivity index (χ2v) is 5.76. The molecule has 1 saturated heterocycles. The molecule has 0 atom stereocenters. The van der Waals surface area contributed by atoms with Gasteiger partial charge in [-0.15, -0.1) is 11.3 Å². The highest BCUT2D eigenvalue weighted by atomic mass is 32.1. The van der Waals surface area contributed by atoms with E-state index in [1.807, 2.05) is 0 Å². The number of amides is 1. The molecule has 1 aliphatic heterocycles. The Morgan fingerprint density at radius 2 is 2.10 bits per heavy atom. The van der Waals surface area contributed by atoms with Gasteiger partial charge in [0.25, 0.3) is 5.91 Å². The Hall–Kier alpha value is -1.60. The Bertz CT molecular complexity index is 519. The number of primary amides is 1. The van der Waals surface area contributed by atoms with Gasteiger partial charge in [0.2, 0.25) is 0 Å². The van der Waals surface area contributed by atoms with E-state index in [2.05, 4.69) is 10.2 Å². The quantitative estimate of drug-likeness (QED) is 0.714. The monoisotopic (exact) mass is 296 g/mol. The molecule has 110 valence electrons. The normalized spacial score (nSPS) is 15.9. The third-order valence-electron chi connectivity index (χ3n) is 3.37. The first kappa shape index (κ1) is 14.8. The van der Waals surface area contributed by atoms with Crippen LogP contribution < -0.4 is 21.7 Å². The van der Waals surface area contributed by atoms with Crippen LogP contribution in [0.4, 0.5) is 10.7 Å². The summed E-state index contributed by atoms with van der Waals surface area (Å²) in [4.78, 5) is 26.2. The van der Waals surface area contributed by atoms with Crippen LogP contribution in [0.1, 0.15) is 39.8 Å². The van der Waals surface area contributed by atoms with Crippen molar-refractivity contribution in [1.82, 2.24) is 5.32 Å². The minimum atomic E-state index is -0.568. The molecule has 5 N–H and O–H groups in total. The van der Waals surface area contributed by atoms with E-state index in [1.54, 1.807) is 6.92 Å². The molecular formula is C13H20N4O2S. The van der Waals surface area contributed by atoms with E-state index in [-0.39, 0.29) is 11.5 Å². The first-order valence-electron chi connectivity index (χ1n) is 6.77. The second-order valence-electron chi connectivity index (χ2n) is 4.76. The number of nitrogen functional groups attached to an aromatic ring is 1. The fourth-order valence-electron chi connectivity index (χ4n) is 2.31. The number of hydrogen-bond acceptors (Lipinski definition) is 6. The lowest BCUT2D eigenvalue weighted by Gasteiger charge is -2.21. The van der Waals surface area contributed by atoms with Gasteiger partial charge in [-0.3, -0.25) is 9.59 Å². The Balaban J connectivity index is 2.44. The van der Waals surface area contributed by atoms with Gasteiger partial charge in [-0.25, -0.2) is 0 Å². The maximum atomic E-state index is 11.9. The van der Waals surface area contributed by atoms with Gasteiger partial charge >= 0.3 is 0 Å². The van der Waals surface area contributed by atoms with Gasteiger partial charge in [-0.1, -0.05) is 6.92 Å². The standard InChI is InChI=1S/C13H20N4O2S/c1-2-8(18)11-10(14)9(12(15)19)13(20-11)17-6-3-4-16-5-7-17/h16H,2-7,14H2,1H3,(H2,15,19). The highest BCUT2D eigenvalue weighted by Gasteiger charge is 2.26. The molecule has 1 aromatic rings. The largest absolute Gasteiger partial charge is 0.397 e. The third-order valence-corrected chi connectivity index (χ3v) is 4.68. The highest BCUT2D eigenvalue weighted by molar-refractivity contribution is 7.19. The summed E-state index contributed by atoms with van der Waals surface area (Å²) in [5, 5.41) is 4.03. The molecule has 2 heterocycles. The van der Waals surface area contributed by atoms with Gasteiger partial charge in [-0.2, -0.15) is 0 Å². The average molecular weight is 296 g/mol. The molecule has 20 heavy (non-hydrogen) atoms. The van der Waals surface area contributed by atoms with Crippen molar-refractivity contribution in [1.29, 1.82) is 0 Å². The van der Waals surface area contributed by atoms with Crippen molar-refractivity contribution in [2.45, 2.75) is 19.8 Å². The molecule has 0 spiro atoms. The topological polar surface area (TPSA) is 101 Å². The van der Waals surface area contributed by atoms with Gasteiger partial charge < -0.3 is 21.7 Å². The zero-order chi connectivity index (χ0) is 14.7. The van der Waals surface area contributed by atoms with Crippen LogP contribution in [0.15, 0.2) is 0 Å². The van der Waals surface area contributed by atoms with Crippen LogP contribution >= 0.6 is 11.3 Å². The average Bonchev–Trinajstić information content (AvgIpc) is 2.62. The molecule has 7 heteroatoms. The Labute approximate surface area is 122 Å². The first-order valence-corrected chi connectivity index (χ1v) is 7.58. The van der Waals surface area contributed by atoms with Crippen molar-refractivity contribution in [3.05, 3.63) is 10.4 Å². The Morgan fingerprint density at radius 3 is 2.75 bits per heavy atom. The Morgan fingerprint density at radius 1 is 1.35 bits per heavy atom. The molecule has 0 radical (unpaired) electrons. The lowest BCUT2D eigenvalue weighted by Crippen LogP contribution is -2.29. The maximum absolute atomic E-state index is 11.9. The van der Waals surface area contributed by atoms with E-state index in [9.17, 15) is 9.59 Å². The number of thiophene rings is 1. The smallest absolute Gasteiger partial charge is 0.253 e. The fourth-order valence-corrected chi connectivity index (χ4v) is 3.60. The van der Waals surface area contributed by atoms with Gasteiger partial charge in [0.05, 0.1) is 16.1 Å². The zero-order valence-electron chi connectivity index (χ0n) is 11.6. The van der Waals surface area contributed by atoms with Crippen molar-refractivity contribution in [2.24, 2.45) is 5.73 Å². The van der Waals surface area contributed by atoms with E-state index < -0.39 is 5.91 Å². The highest BCUT2D eigenvalue weighted by Crippen LogP contribution is 2.38. The predicted octanol–water partition coefficient (Wildman–Crippen LogP) is 0.822. The maximum Gasteiger partial charge on any atom is 0.253 e. The minimum absolute atomic E-state index is 0.0470. The summed E-state index contributed by atoms with van der Waals surface area (Å²) < 4.78 is 0. The number of carbonyl (C=O) groups is 2. The SMILES string of the molecule is CCC(=O)c1sc(N2CCCNCC2)c(C(N)=O)c1N. The van der Waals surface area contributed by atoms with Gasteiger partial charge in [0.1, 0.15) is 5.00 Å². The van der Waals surface area contributed by atoms with E-state index >= 15 is 0 Å². The van der Waals surface area contributed by atoms with Gasteiger partial charge in [0.15, 0.2) is 5.78 Å². The molecular weight excluding hydrogens is 276 g/mol. The van der Waals surface area contributed by atoms with Crippen LogP contribution in [-0.4, -0.2) is 37.9 Å². The summed E-state index contributed by atoms with van der Waals surface area (Å²) in [6.07, 6.45) is 1.34. The summed E-state index contributed by atoms with van der Waals surface area (Å²) in [5.74, 6) is -0.615. The van der Waals surface area contributed by atoms with Crippen LogP contribution in [0.3, 0.4) is 0 Å². The third kappa shape index (κ3) is 2.78. The van der Waals surface area contributed by atoms with E-state index in [0.29, 0.717) is 16.9 Å². The molecule has 0 bridgehead atoms. The molecule has 2 rings (SSSR count). The molecule has 0 aromatic carbocycles. The molecule has 1 fully saturated rings. The van der Waals surface area contributed by atoms with Crippen molar-refractivity contribution < 1.29 is 9.59 Å². The molecule has 6 nitrogen and oxygen atoms in total. The van der Waals surface area contributed by atoms with Crippen LogP contribution in [0, 0.1) is 0 Å². The fraction of sp³-hybridized carbons (Fsp3) is 0.538. The minimum Gasteiger partial charge on any atom is -0.397 e. The van der Waals surface area contributed by atoms with Crippen molar-refractivity contribution >= 4 is 33.7 Å². The lowest BCUT2D eigenvalue weighted by atomic mass is 10.1. The number of nitrogens with zero attached hydrogens (tertiary/aromatic N) is 1. The molecule has 0 aliphatic carbocycles. The summed E-state index contributed by atoms with van der Waals surface area (Å²) in [7, 11) is 0. The number of nitrogens with two attached hydrogens (primary N) is 2. The molecule has 1 amide bonds. The van der Waals surface area contributed by atoms with Crippen LogP contribution in [0.2, 0.25) is 0 Å². The number of ketones is 1. The number of anilines is 2. The zero-order valence-corrected chi connectivity index (χ0v) is 12.4. The summed E-state index contributed by atoms with van der Waals surface area (Å²) in [6, 6.07) is 0. The van der Waals surface area contributed by atoms with E-state index in [0.717, 1.165) is 37.6 Å². The number of rotatable bonds is 4. The van der Waals surface area contributed by atoms with Crippen LogP contribution in [0.5, 0.6) is 0 Å².